The maximum atomic E-state index is 5.33. The van der Waals surface area contributed by atoms with Crippen molar-refractivity contribution < 1.29 is 14.2 Å². The number of nitrogens with zero attached hydrogens (tertiary/aromatic N) is 1. The number of benzene rings is 1. The van der Waals surface area contributed by atoms with Crippen LogP contribution in [0.25, 0.3) is 12.2 Å². The van der Waals surface area contributed by atoms with Crippen LogP contribution in [-0.4, -0.2) is 37.8 Å². The lowest BCUT2D eigenvalue weighted by molar-refractivity contribution is 0.324. The zero-order valence-corrected chi connectivity index (χ0v) is 13.3. The second-order valence-corrected chi connectivity index (χ2v) is 4.98. The number of nitrogens with one attached hydrogen (secondary N) is 1. The molecule has 0 saturated carbocycles. The van der Waals surface area contributed by atoms with Crippen LogP contribution in [0.2, 0.25) is 0 Å². The van der Waals surface area contributed by atoms with E-state index in [1.165, 1.54) is 0 Å². The minimum atomic E-state index is 0.586. The Hall–Kier alpha value is -2.08. The highest BCUT2D eigenvalue weighted by atomic mass is 32.2. The van der Waals surface area contributed by atoms with Crippen molar-refractivity contribution in [1.29, 1.82) is 0 Å². The molecule has 0 fully saturated rings. The zero-order valence-electron chi connectivity index (χ0n) is 12.5. The quantitative estimate of drug-likeness (QED) is 0.830. The molecule has 1 aromatic carbocycles. The summed E-state index contributed by atoms with van der Waals surface area (Å²) in [5, 5.41) is 8.08. The molecule has 0 bridgehead atoms. The molecule has 0 unspecified atom stereocenters. The van der Waals surface area contributed by atoms with Crippen molar-refractivity contribution in [3.05, 3.63) is 29.5 Å². The van der Waals surface area contributed by atoms with E-state index in [0.717, 1.165) is 16.3 Å². The number of methoxy groups -OCH3 is 3. The van der Waals surface area contributed by atoms with E-state index in [1.54, 1.807) is 33.1 Å². The highest BCUT2D eigenvalue weighted by Crippen LogP contribution is 2.38. The van der Waals surface area contributed by atoms with Crippen LogP contribution in [0.3, 0.4) is 0 Å². The van der Waals surface area contributed by atoms with Crippen molar-refractivity contribution in [3.8, 4) is 17.2 Å². The molecule has 2 aromatic rings. The van der Waals surface area contributed by atoms with Gasteiger partial charge in [-0.05, 0) is 36.1 Å². The third kappa shape index (κ3) is 3.52. The number of hydrogen-bond acceptors (Lipinski definition) is 5. The van der Waals surface area contributed by atoms with Crippen molar-refractivity contribution in [2.45, 2.75) is 5.03 Å². The molecule has 6 heteroatoms. The Morgan fingerprint density at radius 2 is 1.67 bits per heavy atom. The summed E-state index contributed by atoms with van der Waals surface area (Å²) in [6, 6.07) is 5.77. The number of aromatic amines is 1. The second kappa shape index (κ2) is 7.08. The first kappa shape index (κ1) is 15.3. The zero-order chi connectivity index (χ0) is 15.2. The van der Waals surface area contributed by atoms with E-state index in [0.29, 0.717) is 17.2 Å². The molecule has 0 radical (unpaired) electrons. The average Bonchev–Trinajstić information content (AvgIpc) is 2.99. The molecule has 112 valence electrons. The molecule has 0 spiro atoms. The summed E-state index contributed by atoms with van der Waals surface area (Å²) in [5.41, 5.74) is 1.89. The van der Waals surface area contributed by atoms with Crippen molar-refractivity contribution in [2.75, 3.05) is 27.6 Å². The summed E-state index contributed by atoms with van der Waals surface area (Å²) in [7, 11) is 4.79. The first-order chi connectivity index (χ1) is 10.2. The van der Waals surface area contributed by atoms with E-state index < -0.39 is 0 Å². The van der Waals surface area contributed by atoms with Gasteiger partial charge in [0.15, 0.2) is 11.5 Å². The standard InChI is InChI=1S/C15H18N2O3S/c1-18-12-7-10(8-13(19-2)15(12)20-3)5-6-11-9-14(21-4)17-16-11/h5-9H,1-4H3,(H,16,17)/b6-5+. The Balaban J connectivity index is 2.31. The number of rotatable bonds is 6. The molecule has 0 aliphatic carbocycles. The molecule has 0 aliphatic rings. The van der Waals surface area contributed by atoms with E-state index in [-0.39, 0.29) is 0 Å². The smallest absolute Gasteiger partial charge is 0.203 e. The van der Waals surface area contributed by atoms with Gasteiger partial charge in [-0.15, -0.1) is 11.8 Å². The molecule has 5 nitrogen and oxygen atoms in total. The van der Waals surface area contributed by atoms with Gasteiger partial charge in [-0.1, -0.05) is 6.08 Å². The maximum Gasteiger partial charge on any atom is 0.203 e. The highest BCUT2D eigenvalue weighted by molar-refractivity contribution is 7.98. The second-order valence-electron chi connectivity index (χ2n) is 4.16. The fourth-order valence-corrected chi connectivity index (χ4v) is 2.27. The Kier molecular flexibility index (Phi) is 5.16. The van der Waals surface area contributed by atoms with Crippen LogP contribution in [0, 0.1) is 0 Å². The number of aromatic nitrogens is 2. The van der Waals surface area contributed by atoms with Crippen LogP contribution >= 0.6 is 11.8 Å². The van der Waals surface area contributed by atoms with Crippen LogP contribution in [0.15, 0.2) is 23.2 Å². The van der Waals surface area contributed by atoms with Crippen LogP contribution in [-0.2, 0) is 0 Å². The van der Waals surface area contributed by atoms with E-state index in [1.807, 2.05) is 36.6 Å². The molecule has 2 rings (SSSR count). The van der Waals surface area contributed by atoms with E-state index in [4.69, 9.17) is 14.2 Å². The molecule has 0 atom stereocenters. The summed E-state index contributed by atoms with van der Waals surface area (Å²) < 4.78 is 16.0. The fourth-order valence-electron chi connectivity index (χ4n) is 1.89. The van der Waals surface area contributed by atoms with Crippen LogP contribution in [0.1, 0.15) is 11.3 Å². The Morgan fingerprint density at radius 1 is 1.00 bits per heavy atom. The van der Waals surface area contributed by atoms with Crippen LogP contribution in [0.4, 0.5) is 0 Å². The molecule has 0 amide bonds. The minimum Gasteiger partial charge on any atom is -0.493 e. The van der Waals surface area contributed by atoms with Crippen molar-refractivity contribution in [3.63, 3.8) is 0 Å². The van der Waals surface area contributed by atoms with Gasteiger partial charge in [0.25, 0.3) is 0 Å². The third-order valence-corrected chi connectivity index (χ3v) is 3.55. The third-order valence-electron chi connectivity index (χ3n) is 2.93. The lowest BCUT2D eigenvalue weighted by Gasteiger charge is -2.12. The molecular formula is C15H18N2O3S. The molecule has 1 aromatic heterocycles. The van der Waals surface area contributed by atoms with Gasteiger partial charge in [-0.25, -0.2) is 0 Å². The van der Waals surface area contributed by atoms with Gasteiger partial charge >= 0.3 is 0 Å². The van der Waals surface area contributed by atoms with Crippen molar-refractivity contribution >= 4 is 23.9 Å². The summed E-state index contributed by atoms with van der Waals surface area (Å²) in [4.78, 5) is 0. The Bertz CT molecular complexity index is 613. The van der Waals surface area contributed by atoms with E-state index >= 15 is 0 Å². The van der Waals surface area contributed by atoms with Gasteiger partial charge in [-0.2, -0.15) is 5.10 Å². The highest BCUT2D eigenvalue weighted by Gasteiger charge is 2.11. The molecular weight excluding hydrogens is 288 g/mol. The van der Waals surface area contributed by atoms with Gasteiger partial charge in [0.05, 0.1) is 27.0 Å². The van der Waals surface area contributed by atoms with Gasteiger partial charge < -0.3 is 14.2 Å². The summed E-state index contributed by atoms with van der Waals surface area (Å²) in [6.45, 7) is 0. The topological polar surface area (TPSA) is 56.4 Å². The molecule has 0 aliphatic heterocycles. The van der Waals surface area contributed by atoms with E-state index in [2.05, 4.69) is 10.2 Å². The molecule has 1 heterocycles. The van der Waals surface area contributed by atoms with Crippen LogP contribution < -0.4 is 14.2 Å². The largest absolute Gasteiger partial charge is 0.493 e. The summed E-state index contributed by atoms with van der Waals surface area (Å²) >= 11 is 1.60. The van der Waals surface area contributed by atoms with Crippen LogP contribution in [0.5, 0.6) is 17.2 Å². The Labute approximate surface area is 128 Å². The number of ether oxygens (including phenoxy) is 3. The Morgan fingerprint density at radius 3 is 2.14 bits per heavy atom. The summed E-state index contributed by atoms with van der Waals surface area (Å²) in [5.74, 6) is 1.85. The average molecular weight is 306 g/mol. The predicted molar refractivity (Wildman–Crippen MR) is 85.4 cm³/mol. The van der Waals surface area contributed by atoms with Crippen molar-refractivity contribution in [2.24, 2.45) is 0 Å². The lowest BCUT2D eigenvalue weighted by Crippen LogP contribution is -1.95. The predicted octanol–water partition coefficient (Wildman–Crippen LogP) is 3.33. The van der Waals surface area contributed by atoms with Gasteiger partial charge in [0.2, 0.25) is 5.75 Å². The maximum absolute atomic E-state index is 5.33. The fraction of sp³-hybridized carbons (Fsp3) is 0.267. The number of hydrogen-bond donors (Lipinski definition) is 1. The van der Waals surface area contributed by atoms with Gasteiger partial charge in [0.1, 0.15) is 5.03 Å². The lowest BCUT2D eigenvalue weighted by atomic mass is 10.1. The van der Waals surface area contributed by atoms with Gasteiger partial charge in [0, 0.05) is 0 Å². The monoisotopic (exact) mass is 306 g/mol. The first-order valence-corrected chi connectivity index (χ1v) is 7.51. The van der Waals surface area contributed by atoms with Crippen molar-refractivity contribution in [1.82, 2.24) is 10.2 Å². The number of thioether (sulfide) groups is 1. The SMILES string of the molecule is COc1cc(/C=C/c2cc(SC)n[nH]2)cc(OC)c1OC. The molecule has 0 saturated heterocycles. The summed E-state index contributed by atoms with van der Waals surface area (Å²) in [6.07, 6.45) is 5.90. The van der Waals surface area contributed by atoms with E-state index in [9.17, 15) is 0 Å². The molecule has 1 N–H and O–H groups in total. The van der Waals surface area contributed by atoms with Gasteiger partial charge in [-0.3, -0.25) is 5.10 Å². The molecule has 21 heavy (non-hydrogen) atoms. The first-order valence-electron chi connectivity index (χ1n) is 6.29. The number of H-pyrrole nitrogens is 1. The minimum absolute atomic E-state index is 0.586. The normalized spacial score (nSPS) is 10.9.